The fraction of sp³-hybridized carbons (Fsp3) is 0.320. The van der Waals surface area contributed by atoms with Crippen molar-refractivity contribution in [2.24, 2.45) is 0 Å². The first-order valence-corrected chi connectivity index (χ1v) is 10.5. The summed E-state index contributed by atoms with van der Waals surface area (Å²) in [5, 5.41) is 2.48. The molecule has 5 heteroatoms. The van der Waals surface area contributed by atoms with Gasteiger partial charge in [0.05, 0.1) is 19.3 Å². The number of benzene rings is 3. The smallest absolute Gasteiger partial charge is 0.236 e. The number of piperazine rings is 1. The first-order chi connectivity index (χ1) is 14.6. The molecule has 0 aliphatic carbocycles. The number of rotatable bonds is 6. The van der Waals surface area contributed by atoms with Crippen molar-refractivity contribution in [2.45, 2.75) is 6.54 Å². The zero-order chi connectivity index (χ0) is 20.9. The van der Waals surface area contributed by atoms with Crippen LogP contribution in [-0.4, -0.2) is 62.6 Å². The van der Waals surface area contributed by atoms with E-state index in [9.17, 15) is 4.79 Å². The molecule has 0 radical (unpaired) electrons. The van der Waals surface area contributed by atoms with Crippen LogP contribution in [0.1, 0.15) is 5.56 Å². The Bertz CT molecular complexity index is 1010. The molecule has 1 amide bonds. The minimum atomic E-state index is 0.193. The minimum absolute atomic E-state index is 0.193. The van der Waals surface area contributed by atoms with Gasteiger partial charge in [-0.05, 0) is 41.6 Å². The topological polar surface area (TPSA) is 36.0 Å². The van der Waals surface area contributed by atoms with Crippen LogP contribution in [0.4, 0.5) is 5.69 Å². The Morgan fingerprint density at radius 3 is 2.40 bits per heavy atom. The highest BCUT2D eigenvalue weighted by Gasteiger charge is 2.23. The number of hydrogen-bond acceptors (Lipinski definition) is 4. The van der Waals surface area contributed by atoms with Crippen molar-refractivity contribution in [3.63, 3.8) is 0 Å². The molecule has 4 rings (SSSR count). The predicted molar refractivity (Wildman–Crippen MR) is 122 cm³/mol. The molecule has 3 aromatic rings. The molecule has 1 heterocycles. The van der Waals surface area contributed by atoms with E-state index in [0.29, 0.717) is 6.54 Å². The van der Waals surface area contributed by atoms with Crippen LogP contribution in [0.2, 0.25) is 0 Å². The highest BCUT2D eigenvalue weighted by atomic mass is 16.5. The van der Waals surface area contributed by atoms with E-state index in [1.165, 1.54) is 16.3 Å². The molecule has 1 fully saturated rings. The zero-order valence-corrected chi connectivity index (χ0v) is 17.8. The van der Waals surface area contributed by atoms with Gasteiger partial charge in [0, 0.05) is 32.7 Å². The number of fused-ring (bicyclic) bond motifs is 1. The number of methoxy groups -OCH3 is 1. The Balaban J connectivity index is 1.30. The zero-order valence-electron chi connectivity index (χ0n) is 17.8. The van der Waals surface area contributed by atoms with E-state index < -0.39 is 0 Å². The Morgan fingerprint density at radius 1 is 0.933 bits per heavy atom. The largest absolute Gasteiger partial charge is 0.495 e. The maximum atomic E-state index is 12.8. The van der Waals surface area contributed by atoms with Crippen molar-refractivity contribution in [3.8, 4) is 5.75 Å². The van der Waals surface area contributed by atoms with Crippen molar-refractivity contribution in [2.75, 3.05) is 51.8 Å². The van der Waals surface area contributed by atoms with E-state index in [2.05, 4.69) is 58.3 Å². The van der Waals surface area contributed by atoms with Gasteiger partial charge in [-0.1, -0.05) is 48.5 Å². The number of ether oxygens (including phenoxy) is 1. The van der Waals surface area contributed by atoms with Crippen molar-refractivity contribution in [3.05, 3.63) is 72.3 Å². The molecule has 5 nitrogen and oxygen atoms in total. The molecule has 1 aliphatic rings. The fourth-order valence-corrected chi connectivity index (χ4v) is 4.12. The van der Waals surface area contributed by atoms with Crippen LogP contribution in [0.25, 0.3) is 10.8 Å². The van der Waals surface area contributed by atoms with Crippen LogP contribution in [0, 0.1) is 0 Å². The van der Waals surface area contributed by atoms with Gasteiger partial charge in [-0.2, -0.15) is 0 Å². The second-order valence-corrected chi connectivity index (χ2v) is 7.89. The molecule has 0 N–H and O–H groups in total. The normalized spacial score (nSPS) is 14.4. The van der Waals surface area contributed by atoms with E-state index in [1.54, 1.807) is 7.11 Å². The average Bonchev–Trinajstić information content (AvgIpc) is 2.79. The van der Waals surface area contributed by atoms with E-state index >= 15 is 0 Å². The minimum Gasteiger partial charge on any atom is -0.495 e. The van der Waals surface area contributed by atoms with E-state index in [1.807, 2.05) is 30.1 Å². The highest BCUT2D eigenvalue weighted by Crippen LogP contribution is 2.28. The van der Waals surface area contributed by atoms with Gasteiger partial charge in [-0.25, -0.2) is 0 Å². The van der Waals surface area contributed by atoms with Crippen LogP contribution in [0.3, 0.4) is 0 Å². The summed E-state index contributed by atoms with van der Waals surface area (Å²) in [6.45, 7) is 4.31. The van der Waals surface area contributed by atoms with Gasteiger partial charge in [0.25, 0.3) is 0 Å². The number of amides is 1. The Hall–Kier alpha value is -3.05. The second-order valence-electron chi connectivity index (χ2n) is 7.89. The number of nitrogens with zero attached hydrogens (tertiary/aromatic N) is 3. The summed E-state index contributed by atoms with van der Waals surface area (Å²) in [7, 11) is 3.71. The molecule has 0 bridgehead atoms. The van der Waals surface area contributed by atoms with E-state index in [4.69, 9.17) is 4.74 Å². The maximum Gasteiger partial charge on any atom is 0.236 e. The number of carbonyl (C=O) groups is 1. The van der Waals surface area contributed by atoms with E-state index in [0.717, 1.165) is 44.2 Å². The highest BCUT2D eigenvalue weighted by molar-refractivity contribution is 5.83. The Labute approximate surface area is 178 Å². The predicted octanol–water partition coefficient (Wildman–Crippen LogP) is 3.63. The summed E-state index contributed by atoms with van der Waals surface area (Å²) >= 11 is 0. The molecule has 0 atom stereocenters. The molecular weight excluding hydrogens is 374 g/mol. The third-order valence-electron chi connectivity index (χ3n) is 5.73. The number of anilines is 1. The number of likely N-dealkylation sites (N-methyl/N-ethyl adjacent to an activating group) is 1. The molecule has 156 valence electrons. The summed E-state index contributed by atoms with van der Waals surface area (Å²) in [4.78, 5) is 19.2. The molecule has 1 aliphatic heterocycles. The first-order valence-electron chi connectivity index (χ1n) is 10.5. The van der Waals surface area contributed by atoms with Gasteiger partial charge in [-0.3, -0.25) is 9.69 Å². The van der Waals surface area contributed by atoms with Gasteiger partial charge < -0.3 is 14.5 Å². The Kier molecular flexibility index (Phi) is 6.19. The lowest BCUT2D eigenvalue weighted by molar-refractivity contribution is -0.132. The SMILES string of the molecule is COc1ccccc1N1CCN(C(=O)CN(C)Cc2ccc3ccccc3c2)CC1. The third kappa shape index (κ3) is 4.57. The van der Waals surface area contributed by atoms with Crippen molar-refractivity contribution in [1.82, 2.24) is 9.80 Å². The molecular formula is C25H29N3O2. The Morgan fingerprint density at radius 2 is 1.63 bits per heavy atom. The average molecular weight is 404 g/mol. The molecule has 0 saturated carbocycles. The summed E-state index contributed by atoms with van der Waals surface area (Å²) in [5.41, 5.74) is 2.32. The van der Waals surface area contributed by atoms with Crippen LogP contribution in [0.5, 0.6) is 5.75 Å². The lowest BCUT2D eigenvalue weighted by Gasteiger charge is -2.37. The van der Waals surface area contributed by atoms with Gasteiger partial charge in [-0.15, -0.1) is 0 Å². The fourth-order valence-electron chi connectivity index (χ4n) is 4.12. The lowest BCUT2D eigenvalue weighted by Crippen LogP contribution is -2.51. The summed E-state index contributed by atoms with van der Waals surface area (Å²) in [6.07, 6.45) is 0. The van der Waals surface area contributed by atoms with Gasteiger partial charge in [0.15, 0.2) is 0 Å². The molecule has 30 heavy (non-hydrogen) atoms. The van der Waals surface area contributed by atoms with Gasteiger partial charge in [0.2, 0.25) is 5.91 Å². The van der Waals surface area contributed by atoms with Crippen molar-refractivity contribution in [1.29, 1.82) is 0 Å². The third-order valence-corrected chi connectivity index (χ3v) is 5.73. The molecule has 3 aromatic carbocycles. The van der Waals surface area contributed by atoms with Crippen LogP contribution in [-0.2, 0) is 11.3 Å². The first kappa shape index (κ1) is 20.2. The molecule has 0 aromatic heterocycles. The number of hydrogen-bond donors (Lipinski definition) is 0. The quantitative estimate of drug-likeness (QED) is 0.630. The molecule has 1 saturated heterocycles. The molecule has 0 spiro atoms. The van der Waals surface area contributed by atoms with E-state index in [-0.39, 0.29) is 5.91 Å². The number of para-hydroxylation sites is 2. The second kappa shape index (κ2) is 9.18. The van der Waals surface area contributed by atoms with Crippen molar-refractivity contribution >= 4 is 22.4 Å². The van der Waals surface area contributed by atoms with Crippen molar-refractivity contribution < 1.29 is 9.53 Å². The standard InChI is InChI=1S/C25H29N3O2/c1-26(18-20-11-12-21-7-3-4-8-22(21)17-20)19-25(29)28-15-13-27(14-16-28)23-9-5-6-10-24(23)30-2/h3-12,17H,13-16,18-19H2,1-2H3. The number of carbonyl (C=O) groups excluding carboxylic acids is 1. The summed E-state index contributed by atoms with van der Waals surface area (Å²) in [6, 6.07) is 22.9. The van der Waals surface area contributed by atoms with Crippen LogP contribution >= 0.6 is 0 Å². The van der Waals surface area contributed by atoms with Gasteiger partial charge in [0.1, 0.15) is 5.75 Å². The lowest BCUT2D eigenvalue weighted by atomic mass is 10.1. The van der Waals surface area contributed by atoms with Crippen LogP contribution in [0.15, 0.2) is 66.7 Å². The molecule has 0 unspecified atom stereocenters. The monoisotopic (exact) mass is 403 g/mol. The summed E-state index contributed by atoms with van der Waals surface area (Å²) in [5.74, 6) is 1.07. The van der Waals surface area contributed by atoms with Gasteiger partial charge >= 0.3 is 0 Å². The van der Waals surface area contributed by atoms with Crippen LogP contribution < -0.4 is 9.64 Å². The summed E-state index contributed by atoms with van der Waals surface area (Å²) < 4.78 is 5.48. The maximum absolute atomic E-state index is 12.8.